The van der Waals surface area contributed by atoms with Gasteiger partial charge in [0.05, 0.1) is 16.3 Å². The molecule has 0 fully saturated rings. The first-order chi connectivity index (χ1) is 10.6. The number of benzene rings is 2. The zero-order valence-corrected chi connectivity index (χ0v) is 13.3. The normalized spacial score (nSPS) is 10.7. The second-order valence-electron chi connectivity index (χ2n) is 3.99. The molecule has 0 heterocycles. The maximum atomic E-state index is 12.7. The van der Waals surface area contributed by atoms with Gasteiger partial charge in [0.1, 0.15) is 5.82 Å². The van der Waals surface area contributed by atoms with Gasteiger partial charge in [0, 0.05) is 10.5 Å². The summed E-state index contributed by atoms with van der Waals surface area (Å²) in [5, 5.41) is 4.62. The van der Waals surface area contributed by atoms with Crippen LogP contribution in [0.25, 0.3) is 0 Å². The van der Waals surface area contributed by atoms with Gasteiger partial charge in [0.15, 0.2) is 0 Å². The quantitative estimate of drug-likeness (QED) is 0.481. The molecule has 8 heteroatoms. The highest BCUT2D eigenvalue weighted by atomic mass is 35.5. The minimum atomic E-state index is -0.534. The summed E-state index contributed by atoms with van der Waals surface area (Å²) in [7, 11) is 0. The van der Waals surface area contributed by atoms with Crippen LogP contribution in [0, 0.1) is 5.82 Å². The van der Waals surface area contributed by atoms with Crippen LogP contribution in [0.2, 0.25) is 10.0 Å². The molecular formula is C14H10Cl2FN3OS. The average Bonchev–Trinajstić information content (AvgIpc) is 2.50. The van der Waals surface area contributed by atoms with Crippen molar-refractivity contribution in [1.82, 2.24) is 10.1 Å². The number of rotatable bonds is 4. The molecule has 0 unspecified atom stereocenters. The first kappa shape index (κ1) is 16.6. The number of hydrazone groups is 1. The van der Waals surface area contributed by atoms with Gasteiger partial charge in [-0.05, 0) is 48.3 Å². The van der Waals surface area contributed by atoms with E-state index in [4.69, 9.17) is 23.2 Å². The van der Waals surface area contributed by atoms with Crippen molar-refractivity contribution in [3.63, 3.8) is 0 Å². The Morgan fingerprint density at radius 1 is 1.14 bits per heavy atom. The largest absolute Gasteiger partial charge is 0.345 e. The molecule has 114 valence electrons. The lowest BCUT2D eigenvalue weighted by atomic mass is 10.2. The number of carbonyl (C=O) groups excluding carboxylic acids is 1. The van der Waals surface area contributed by atoms with Crippen molar-refractivity contribution in [3.8, 4) is 0 Å². The Kier molecular flexibility index (Phi) is 6.06. The number of nitrogens with one attached hydrogen (secondary N) is 2. The SMILES string of the molecule is O=C(N/N=C/c1c(Cl)cccc1Cl)NSc1ccc(F)cc1. The van der Waals surface area contributed by atoms with Crippen molar-refractivity contribution in [1.29, 1.82) is 0 Å². The van der Waals surface area contributed by atoms with Crippen molar-refractivity contribution >= 4 is 47.4 Å². The molecule has 0 spiro atoms. The lowest BCUT2D eigenvalue weighted by molar-refractivity contribution is 0.247. The molecule has 0 bridgehead atoms. The monoisotopic (exact) mass is 357 g/mol. The lowest BCUT2D eigenvalue weighted by Crippen LogP contribution is -2.27. The average molecular weight is 358 g/mol. The van der Waals surface area contributed by atoms with Gasteiger partial charge in [0.2, 0.25) is 0 Å². The Hall–Kier alpha value is -1.76. The fourth-order valence-corrected chi connectivity index (χ4v) is 2.44. The molecule has 2 amide bonds. The predicted molar refractivity (Wildman–Crippen MR) is 88.0 cm³/mol. The number of hydrogen-bond donors (Lipinski definition) is 2. The number of urea groups is 1. The Bertz CT molecular complexity index is 675. The summed E-state index contributed by atoms with van der Waals surface area (Å²) in [5.74, 6) is -0.338. The van der Waals surface area contributed by atoms with E-state index in [-0.39, 0.29) is 5.82 Å². The molecule has 0 saturated carbocycles. The molecule has 0 saturated heterocycles. The number of amides is 2. The Balaban J connectivity index is 1.85. The van der Waals surface area contributed by atoms with Crippen LogP contribution >= 0.6 is 35.1 Å². The fourth-order valence-electron chi connectivity index (χ4n) is 1.42. The van der Waals surface area contributed by atoms with Gasteiger partial charge in [-0.15, -0.1) is 0 Å². The van der Waals surface area contributed by atoms with Crippen molar-refractivity contribution in [3.05, 3.63) is 63.9 Å². The molecule has 0 atom stereocenters. The number of hydrogen-bond acceptors (Lipinski definition) is 3. The molecular weight excluding hydrogens is 348 g/mol. The smallest absolute Gasteiger partial charge is 0.276 e. The minimum Gasteiger partial charge on any atom is -0.276 e. The van der Waals surface area contributed by atoms with Crippen LogP contribution in [0.15, 0.2) is 52.5 Å². The van der Waals surface area contributed by atoms with Crippen LogP contribution in [0.5, 0.6) is 0 Å². The summed E-state index contributed by atoms with van der Waals surface area (Å²) in [6, 6.07) is 10.2. The highest BCUT2D eigenvalue weighted by Gasteiger charge is 2.03. The third-order valence-electron chi connectivity index (χ3n) is 2.43. The van der Waals surface area contributed by atoms with Gasteiger partial charge >= 0.3 is 6.03 Å². The van der Waals surface area contributed by atoms with E-state index in [1.54, 1.807) is 30.3 Å². The van der Waals surface area contributed by atoms with E-state index < -0.39 is 6.03 Å². The topological polar surface area (TPSA) is 53.5 Å². The van der Waals surface area contributed by atoms with Crippen LogP contribution in [0.3, 0.4) is 0 Å². The molecule has 0 aliphatic rings. The first-order valence-electron chi connectivity index (χ1n) is 6.02. The molecule has 0 aliphatic heterocycles. The van der Waals surface area contributed by atoms with Gasteiger partial charge in [-0.25, -0.2) is 14.6 Å². The van der Waals surface area contributed by atoms with Gasteiger partial charge in [-0.1, -0.05) is 29.3 Å². The van der Waals surface area contributed by atoms with Gasteiger partial charge in [-0.2, -0.15) is 5.10 Å². The summed E-state index contributed by atoms with van der Waals surface area (Å²) >= 11 is 13.0. The molecule has 2 aromatic rings. The molecule has 0 aliphatic carbocycles. The molecule has 0 aromatic heterocycles. The Labute approximate surface area is 140 Å². The van der Waals surface area contributed by atoms with E-state index in [1.165, 1.54) is 18.3 Å². The molecule has 0 radical (unpaired) electrons. The van der Waals surface area contributed by atoms with Gasteiger partial charge < -0.3 is 0 Å². The van der Waals surface area contributed by atoms with Crippen LogP contribution < -0.4 is 10.1 Å². The highest BCUT2D eigenvalue weighted by Crippen LogP contribution is 2.22. The van der Waals surface area contributed by atoms with Crippen molar-refractivity contribution in [2.45, 2.75) is 4.90 Å². The van der Waals surface area contributed by atoms with E-state index in [1.807, 2.05) is 0 Å². The molecule has 2 aromatic carbocycles. The number of carbonyl (C=O) groups is 1. The zero-order valence-electron chi connectivity index (χ0n) is 11.0. The third kappa shape index (κ3) is 4.91. The van der Waals surface area contributed by atoms with Crippen LogP contribution in [0.1, 0.15) is 5.56 Å². The summed E-state index contributed by atoms with van der Waals surface area (Å²) in [6.07, 6.45) is 1.35. The van der Waals surface area contributed by atoms with E-state index in [2.05, 4.69) is 15.2 Å². The fraction of sp³-hybridized carbons (Fsp3) is 0. The van der Waals surface area contributed by atoms with Crippen LogP contribution in [-0.4, -0.2) is 12.2 Å². The minimum absolute atomic E-state index is 0.338. The molecule has 4 nitrogen and oxygen atoms in total. The van der Waals surface area contributed by atoms with Crippen molar-refractivity contribution in [2.75, 3.05) is 0 Å². The summed E-state index contributed by atoms with van der Waals surface area (Å²) in [5.41, 5.74) is 2.79. The zero-order chi connectivity index (χ0) is 15.9. The second kappa shape index (κ2) is 8.03. The lowest BCUT2D eigenvalue weighted by Gasteiger charge is -2.03. The first-order valence-corrected chi connectivity index (χ1v) is 7.59. The van der Waals surface area contributed by atoms with Crippen molar-refractivity contribution in [2.24, 2.45) is 5.10 Å². The second-order valence-corrected chi connectivity index (χ2v) is 5.69. The molecule has 2 rings (SSSR count). The predicted octanol–water partition coefficient (Wildman–Crippen LogP) is 4.47. The van der Waals surface area contributed by atoms with E-state index in [9.17, 15) is 9.18 Å². The number of nitrogens with zero attached hydrogens (tertiary/aromatic N) is 1. The van der Waals surface area contributed by atoms with E-state index in [0.29, 0.717) is 20.5 Å². The Morgan fingerprint density at radius 3 is 2.41 bits per heavy atom. The standard InChI is InChI=1S/C14H10Cl2FN3OS/c15-12-2-1-3-13(16)11(12)8-18-19-14(21)20-22-10-6-4-9(17)5-7-10/h1-8H,(H2,19,20,21)/b18-8+. The highest BCUT2D eigenvalue weighted by molar-refractivity contribution is 7.98. The molecule has 22 heavy (non-hydrogen) atoms. The maximum absolute atomic E-state index is 12.7. The summed E-state index contributed by atoms with van der Waals surface area (Å²) in [6.45, 7) is 0. The maximum Gasteiger partial charge on any atom is 0.345 e. The van der Waals surface area contributed by atoms with Crippen molar-refractivity contribution < 1.29 is 9.18 Å². The third-order valence-corrected chi connectivity index (χ3v) is 3.89. The van der Waals surface area contributed by atoms with E-state index in [0.717, 1.165) is 11.9 Å². The summed E-state index contributed by atoms with van der Waals surface area (Å²) < 4.78 is 15.2. The van der Waals surface area contributed by atoms with Gasteiger partial charge in [0.25, 0.3) is 0 Å². The van der Waals surface area contributed by atoms with Crippen LogP contribution in [-0.2, 0) is 0 Å². The van der Waals surface area contributed by atoms with Gasteiger partial charge in [-0.3, -0.25) is 4.72 Å². The Morgan fingerprint density at radius 2 is 1.77 bits per heavy atom. The summed E-state index contributed by atoms with van der Waals surface area (Å²) in [4.78, 5) is 12.2. The van der Waals surface area contributed by atoms with Crippen LogP contribution in [0.4, 0.5) is 9.18 Å². The molecule has 2 N–H and O–H groups in total. The number of halogens is 3. The van der Waals surface area contributed by atoms with E-state index >= 15 is 0 Å².